The van der Waals surface area contributed by atoms with Crippen LogP contribution in [0.2, 0.25) is 0 Å². The number of aryl methyl sites for hydroxylation is 1. The average Bonchev–Trinajstić information content (AvgIpc) is 2.39. The van der Waals surface area contributed by atoms with Gasteiger partial charge in [0.2, 0.25) is 0 Å². The molecule has 2 aromatic rings. The second-order valence-electron chi connectivity index (χ2n) is 5.02. The van der Waals surface area contributed by atoms with E-state index in [0.717, 1.165) is 30.6 Å². The van der Waals surface area contributed by atoms with E-state index in [1.165, 1.54) is 0 Å². The van der Waals surface area contributed by atoms with Crippen molar-refractivity contribution in [1.29, 1.82) is 0 Å². The summed E-state index contributed by atoms with van der Waals surface area (Å²) in [4.78, 5) is 12.5. The lowest BCUT2D eigenvalue weighted by Crippen LogP contribution is -2.20. The fourth-order valence-electron chi connectivity index (χ4n) is 2.67. The summed E-state index contributed by atoms with van der Waals surface area (Å²) in [5.41, 5.74) is 1.55. The molecule has 0 saturated heterocycles. The highest BCUT2D eigenvalue weighted by Crippen LogP contribution is 2.30. The molecule has 0 amide bonds. The topological polar surface area (TPSA) is 39.4 Å². The molecule has 0 saturated carbocycles. The summed E-state index contributed by atoms with van der Waals surface area (Å²) < 4.78 is 11.2. The second-order valence-corrected chi connectivity index (χ2v) is 5.02. The number of ether oxygens (including phenoxy) is 1. The van der Waals surface area contributed by atoms with Crippen molar-refractivity contribution in [3.05, 3.63) is 39.7 Å². The molecular weight excluding hydrogens is 228 g/mol. The van der Waals surface area contributed by atoms with E-state index in [0.29, 0.717) is 22.6 Å². The number of fused-ring (bicyclic) bond motifs is 2. The minimum atomic E-state index is 0.108. The van der Waals surface area contributed by atoms with Gasteiger partial charge in [0.25, 0.3) is 0 Å². The summed E-state index contributed by atoms with van der Waals surface area (Å²) in [6.45, 7) is 2.18. The number of benzene rings is 1. The third-order valence-electron chi connectivity index (χ3n) is 3.70. The van der Waals surface area contributed by atoms with E-state index in [-0.39, 0.29) is 5.43 Å². The lowest BCUT2D eigenvalue weighted by Gasteiger charge is -2.20. The third-order valence-corrected chi connectivity index (χ3v) is 3.70. The number of para-hydroxylation sites is 1. The van der Waals surface area contributed by atoms with E-state index < -0.39 is 0 Å². The Morgan fingerprint density at radius 2 is 2.22 bits per heavy atom. The molecule has 1 heterocycles. The van der Waals surface area contributed by atoms with Crippen LogP contribution in [-0.4, -0.2) is 7.11 Å². The van der Waals surface area contributed by atoms with Gasteiger partial charge in [0.1, 0.15) is 5.76 Å². The number of rotatable bonds is 1. The van der Waals surface area contributed by atoms with Crippen LogP contribution in [0.1, 0.15) is 24.7 Å². The summed E-state index contributed by atoms with van der Waals surface area (Å²) in [5, 5.41) is 0.627. The number of hydrogen-bond donors (Lipinski definition) is 0. The Labute approximate surface area is 105 Å². The number of hydrogen-bond acceptors (Lipinski definition) is 3. The van der Waals surface area contributed by atoms with Crippen LogP contribution in [0.3, 0.4) is 0 Å². The summed E-state index contributed by atoms with van der Waals surface area (Å²) >= 11 is 0. The van der Waals surface area contributed by atoms with Crippen molar-refractivity contribution < 1.29 is 9.15 Å². The van der Waals surface area contributed by atoms with Gasteiger partial charge in [-0.15, -0.1) is 0 Å². The highest BCUT2D eigenvalue weighted by molar-refractivity contribution is 5.83. The summed E-state index contributed by atoms with van der Waals surface area (Å²) in [7, 11) is 1.59. The molecule has 1 aromatic heterocycles. The smallest absolute Gasteiger partial charge is 0.196 e. The van der Waals surface area contributed by atoms with Gasteiger partial charge in [0, 0.05) is 12.0 Å². The zero-order chi connectivity index (χ0) is 12.7. The third kappa shape index (κ3) is 1.62. The van der Waals surface area contributed by atoms with Crippen LogP contribution in [0.15, 0.2) is 27.4 Å². The predicted molar refractivity (Wildman–Crippen MR) is 70.2 cm³/mol. The van der Waals surface area contributed by atoms with Gasteiger partial charge in [0.15, 0.2) is 16.8 Å². The van der Waals surface area contributed by atoms with Crippen molar-refractivity contribution in [2.45, 2.75) is 26.2 Å². The molecule has 0 unspecified atom stereocenters. The van der Waals surface area contributed by atoms with Crippen LogP contribution in [0, 0.1) is 5.92 Å². The molecule has 3 nitrogen and oxygen atoms in total. The van der Waals surface area contributed by atoms with E-state index in [1.807, 2.05) is 18.2 Å². The van der Waals surface area contributed by atoms with Gasteiger partial charge in [-0.2, -0.15) is 0 Å². The van der Waals surface area contributed by atoms with Crippen LogP contribution in [0.5, 0.6) is 5.75 Å². The summed E-state index contributed by atoms with van der Waals surface area (Å²) in [6, 6.07) is 5.46. The van der Waals surface area contributed by atoms with Gasteiger partial charge in [-0.3, -0.25) is 4.79 Å². The summed E-state index contributed by atoms with van der Waals surface area (Å²) in [5.74, 6) is 2.03. The maximum absolute atomic E-state index is 12.5. The SMILES string of the molecule is COc1cccc2c(=O)c3c(oc12)CC[C@H](C)C3. The highest BCUT2D eigenvalue weighted by atomic mass is 16.5. The normalized spacial score (nSPS) is 18.7. The Morgan fingerprint density at radius 1 is 1.39 bits per heavy atom. The Kier molecular flexibility index (Phi) is 2.62. The highest BCUT2D eigenvalue weighted by Gasteiger charge is 2.22. The molecule has 3 rings (SSSR count). The molecule has 0 radical (unpaired) electrons. The molecule has 0 aliphatic heterocycles. The van der Waals surface area contributed by atoms with E-state index in [1.54, 1.807) is 7.11 Å². The molecule has 0 fully saturated rings. The first kappa shape index (κ1) is 11.3. The molecular formula is C15H16O3. The maximum Gasteiger partial charge on any atom is 0.196 e. The lowest BCUT2D eigenvalue weighted by atomic mass is 9.88. The molecule has 1 aliphatic rings. The Hall–Kier alpha value is -1.77. The van der Waals surface area contributed by atoms with E-state index >= 15 is 0 Å². The maximum atomic E-state index is 12.5. The zero-order valence-corrected chi connectivity index (χ0v) is 10.7. The van der Waals surface area contributed by atoms with E-state index in [9.17, 15) is 4.79 Å². The van der Waals surface area contributed by atoms with Crippen molar-refractivity contribution >= 4 is 11.0 Å². The molecule has 0 bridgehead atoms. The molecule has 0 spiro atoms. The molecule has 3 heteroatoms. The van der Waals surface area contributed by atoms with Crippen molar-refractivity contribution in [3.63, 3.8) is 0 Å². The van der Waals surface area contributed by atoms with Crippen LogP contribution < -0.4 is 10.2 Å². The van der Waals surface area contributed by atoms with E-state index in [2.05, 4.69) is 6.92 Å². The van der Waals surface area contributed by atoms with Crippen molar-refractivity contribution in [2.75, 3.05) is 7.11 Å². The van der Waals surface area contributed by atoms with Crippen LogP contribution in [0.25, 0.3) is 11.0 Å². The van der Waals surface area contributed by atoms with Gasteiger partial charge in [-0.1, -0.05) is 13.0 Å². The van der Waals surface area contributed by atoms with Gasteiger partial charge >= 0.3 is 0 Å². The first-order valence-corrected chi connectivity index (χ1v) is 6.32. The largest absolute Gasteiger partial charge is 0.493 e. The van der Waals surface area contributed by atoms with Gasteiger partial charge in [0.05, 0.1) is 12.5 Å². The van der Waals surface area contributed by atoms with Crippen molar-refractivity contribution in [3.8, 4) is 5.75 Å². The average molecular weight is 244 g/mol. The van der Waals surface area contributed by atoms with Crippen LogP contribution >= 0.6 is 0 Å². The lowest BCUT2D eigenvalue weighted by molar-refractivity contribution is 0.392. The molecule has 18 heavy (non-hydrogen) atoms. The predicted octanol–water partition coefficient (Wildman–Crippen LogP) is 2.93. The Balaban J connectivity index is 2.34. The molecule has 1 aliphatic carbocycles. The standard InChI is InChI=1S/C15H16O3/c1-9-6-7-12-11(8-9)14(16)10-4-3-5-13(17-2)15(10)18-12/h3-5,9H,6-8H2,1-2H3/t9-/m0/s1. The molecule has 1 atom stereocenters. The number of methoxy groups -OCH3 is 1. The Bertz CT molecular complexity index is 655. The minimum absolute atomic E-state index is 0.108. The van der Waals surface area contributed by atoms with Crippen LogP contribution in [-0.2, 0) is 12.8 Å². The second kappa shape index (κ2) is 4.16. The quantitative estimate of drug-likeness (QED) is 0.774. The molecule has 0 N–H and O–H groups in total. The Morgan fingerprint density at radius 3 is 3.00 bits per heavy atom. The molecule has 94 valence electrons. The van der Waals surface area contributed by atoms with Gasteiger partial charge in [-0.25, -0.2) is 0 Å². The van der Waals surface area contributed by atoms with Crippen LogP contribution in [0.4, 0.5) is 0 Å². The molecule has 1 aromatic carbocycles. The van der Waals surface area contributed by atoms with Gasteiger partial charge in [-0.05, 0) is 30.9 Å². The van der Waals surface area contributed by atoms with Gasteiger partial charge < -0.3 is 9.15 Å². The van der Waals surface area contributed by atoms with Crippen molar-refractivity contribution in [2.24, 2.45) is 5.92 Å². The first-order valence-electron chi connectivity index (χ1n) is 6.32. The first-order chi connectivity index (χ1) is 8.70. The zero-order valence-electron chi connectivity index (χ0n) is 10.7. The van der Waals surface area contributed by atoms with Crippen molar-refractivity contribution in [1.82, 2.24) is 0 Å². The monoisotopic (exact) mass is 244 g/mol. The van der Waals surface area contributed by atoms with E-state index in [4.69, 9.17) is 9.15 Å². The minimum Gasteiger partial charge on any atom is -0.493 e. The summed E-state index contributed by atoms with van der Waals surface area (Å²) in [6.07, 6.45) is 2.75. The fourth-order valence-corrected chi connectivity index (χ4v) is 2.67. The fraction of sp³-hybridized carbons (Fsp3) is 0.400.